The fourth-order valence-corrected chi connectivity index (χ4v) is 2.64. The van der Waals surface area contributed by atoms with Crippen LogP contribution in [0.25, 0.3) is 5.76 Å². The van der Waals surface area contributed by atoms with Crippen molar-refractivity contribution in [3.63, 3.8) is 0 Å². The highest BCUT2D eigenvalue weighted by Gasteiger charge is 2.27. The minimum Gasteiger partial charge on any atom is -0.462 e. The lowest BCUT2D eigenvalue weighted by Gasteiger charge is -2.15. The molecule has 0 aliphatic heterocycles. The van der Waals surface area contributed by atoms with Gasteiger partial charge in [-0.15, -0.1) is 0 Å². The molecule has 0 aromatic heterocycles. The first-order valence-corrected chi connectivity index (χ1v) is 8.51. The summed E-state index contributed by atoms with van der Waals surface area (Å²) in [5, 5.41) is 0.106. The number of benzene rings is 1. The van der Waals surface area contributed by atoms with Gasteiger partial charge in [0.05, 0.1) is 16.7 Å². The van der Waals surface area contributed by atoms with E-state index in [-0.39, 0.29) is 26.7 Å². The Hall–Kier alpha value is -0.560. The van der Waals surface area contributed by atoms with Gasteiger partial charge in [0.25, 0.3) is 0 Å². The maximum atomic E-state index is 11.7. The first kappa shape index (κ1) is 18.5. The van der Waals surface area contributed by atoms with Crippen LogP contribution >= 0.6 is 47.0 Å². The van der Waals surface area contributed by atoms with Crippen LogP contribution in [0.4, 0.5) is 0 Å². The number of carbonyl (C=O) groups excluding carboxylic acids is 1. The van der Waals surface area contributed by atoms with Gasteiger partial charge in [-0.2, -0.15) is 0 Å². The Balaban J connectivity index is 3.45. The molecule has 10 heteroatoms. The van der Waals surface area contributed by atoms with Crippen LogP contribution in [0.5, 0.6) is 0 Å². The van der Waals surface area contributed by atoms with Gasteiger partial charge < -0.3 is 9.26 Å². The molecule has 0 saturated carbocycles. The Kier molecular flexibility index (Phi) is 6.71. The molecule has 0 atom stereocenters. The van der Waals surface area contributed by atoms with E-state index in [9.17, 15) is 9.36 Å². The normalized spacial score (nSPS) is 12.7. The van der Waals surface area contributed by atoms with Gasteiger partial charge in [-0.1, -0.05) is 29.3 Å². The van der Waals surface area contributed by atoms with Crippen LogP contribution in [0.15, 0.2) is 22.7 Å². The van der Waals surface area contributed by atoms with E-state index in [0.29, 0.717) is 0 Å². The summed E-state index contributed by atoms with van der Waals surface area (Å²) in [4.78, 5) is 29.7. The number of phosphoric ester groups is 1. The molecule has 0 aliphatic carbocycles. The summed E-state index contributed by atoms with van der Waals surface area (Å²) in [6, 6.07) is 4.35. The Morgan fingerprint density at radius 3 is 2.52 bits per heavy atom. The van der Waals surface area contributed by atoms with Crippen LogP contribution in [0.3, 0.4) is 0 Å². The van der Waals surface area contributed by atoms with Crippen LogP contribution < -0.4 is 0 Å². The summed E-state index contributed by atoms with van der Waals surface area (Å²) in [6.07, 6.45) is 0. The lowest BCUT2D eigenvalue weighted by atomic mass is 10.2. The standard InChI is InChI=1S/C11H10BrCl2O6P/c1-2-19-11(15)8(12)10(20-21(16,17)18)6-4-3-5-7(13)9(6)14/h3-5H,2H2,1H3,(H2,16,17,18). The van der Waals surface area contributed by atoms with Crippen molar-refractivity contribution in [1.29, 1.82) is 0 Å². The molecule has 0 aliphatic rings. The molecule has 1 rings (SSSR count). The van der Waals surface area contributed by atoms with Gasteiger partial charge >= 0.3 is 13.8 Å². The number of hydrogen-bond donors (Lipinski definition) is 2. The Morgan fingerprint density at radius 2 is 2.00 bits per heavy atom. The van der Waals surface area contributed by atoms with Crippen molar-refractivity contribution < 1.29 is 28.4 Å². The van der Waals surface area contributed by atoms with Gasteiger partial charge in [-0.05, 0) is 35.0 Å². The van der Waals surface area contributed by atoms with Crippen molar-refractivity contribution in [3.8, 4) is 0 Å². The van der Waals surface area contributed by atoms with Crippen molar-refractivity contribution in [2.24, 2.45) is 0 Å². The molecule has 2 N–H and O–H groups in total. The lowest BCUT2D eigenvalue weighted by Crippen LogP contribution is -2.07. The van der Waals surface area contributed by atoms with E-state index in [0.717, 1.165) is 0 Å². The minimum absolute atomic E-state index is 0.0242. The van der Waals surface area contributed by atoms with Crippen LogP contribution in [0.2, 0.25) is 10.0 Å². The zero-order valence-corrected chi connectivity index (χ0v) is 14.5. The summed E-state index contributed by atoms with van der Waals surface area (Å²) in [5.41, 5.74) is 0.0346. The highest BCUT2D eigenvalue weighted by Crippen LogP contribution is 2.46. The van der Waals surface area contributed by atoms with Crippen molar-refractivity contribution in [1.82, 2.24) is 0 Å². The molecule has 6 nitrogen and oxygen atoms in total. The van der Waals surface area contributed by atoms with Gasteiger partial charge in [0.15, 0.2) is 5.76 Å². The molecule has 1 aromatic rings. The Bertz CT molecular complexity index is 627. The predicted molar refractivity (Wildman–Crippen MR) is 82.1 cm³/mol. The number of rotatable bonds is 5. The topological polar surface area (TPSA) is 93.1 Å². The fourth-order valence-electron chi connectivity index (χ4n) is 1.29. The number of halogens is 3. The maximum absolute atomic E-state index is 11.7. The molecule has 0 heterocycles. The third-order valence-electron chi connectivity index (χ3n) is 2.06. The van der Waals surface area contributed by atoms with E-state index in [1.54, 1.807) is 6.92 Å². The zero-order chi connectivity index (χ0) is 16.2. The molecule has 0 unspecified atom stereocenters. The maximum Gasteiger partial charge on any atom is 0.524 e. The third kappa shape index (κ3) is 5.29. The zero-order valence-electron chi connectivity index (χ0n) is 10.5. The summed E-state index contributed by atoms with van der Waals surface area (Å²) < 4.78 is 20.0. The van der Waals surface area contributed by atoms with E-state index in [4.69, 9.17) is 37.7 Å². The average Bonchev–Trinajstić information content (AvgIpc) is 2.38. The SMILES string of the molecule is CCOC(=O)C(Br)=C(OP(=O)(O)O)c1cccc(Cl)c1Cl. The molecule has 0 radical (unpaired) electrons. The molecule has 0 amide bonds. The van der Waals surface area contributed by atoms with E-state index in [2.05, 4.69) is 20.5 Å². The monoisotopic (exact) mass is 418 g/mol. The van der Waals surface area contributed by atoms with Crippen LogP contribution in [-0.2, 0) is 18.6 Å². The van der Waals surface area contributed by atoms with Crippen LogP contribution in [0, 0.1) is 0 Å². The van der Waals surface area contributed by atoms with Gasteiger partial charge in [0.2, 0.25) is 0 Å². The van der Waals surface area contributed by atoms with Gasteiger partial charge in [0, 0.05) is 5.56 Å². The molecule has 116 valence electrons. The summed E-state index contributed by atoms with van der Waals surface area (Å²) in [7, 11) is -4.93. The summed E-state index contributed by atoms with van der Waals surface area (Å²) in [5.74, 6) is -1.33. The first-order valence-electron chi connectivity index (χ1n) is 5.43. The Morgan fingerprint density at radius 1 is 1.38 bits per heavy atom. The number of esters is 1. The molecule has 0 bridgehead atoms. The minimum atomic E-state index is -4.93. The van der Waals surface area contributed by atoms with E-state index >= 15 is 0 Å². The van der Waals surface area contributed by atoms with Crippen molar-refractivity contribution >= 4 is 58.7 Å². The number of hydrogen-bond acceptors (Lipinski definition) is 4. The molecule has 1 aromatic carbocycles. The second kappa shape index (κ2) is 7.63. The number of carbonyl (C=O) groups is 1. The van der Waals surface area contributed by atoms with Gasteiger partial charge in [-0.25, -0.2) is 9.36 Å². The highest BCUT2D eigenvalue weighted by molar-refractivity contribution is 9.12. The largest absolute Gasteiger partial charge is 0.524 e. The number of phosphoric acid groups is 1. The fraction of sp³-hybridized carbons (Fsp3) is 0.182. The van der Waals surface area contributed by atoms with Crippen LogP contribution in [0.1, 0.15) is 12.5 Å². The summed E-state index contributed by atoms with van der Waals surface area (Å²) in [6.45, 7) is 1.65. The highest BCUT2D eigenvalue weighted by atomic mass is 79.9. The van der Waals surface area contributed by atoms with Crippen LogP contribution in [-0.4, -0.2) is 22.4 Å². The summed E-state index contributed by atoms with van der Waals surface area (Å²) >= 11 is 14.7. The molecule has 0 spiro atoms. The molecule has 0 saturated heterocycles. The Labute approximate surface area is 139 Å². The van der Waals surface area contributed by atoms with Crippen molar-refractivity contribution in [2.75, 3.05) is 6.61 Å². The van der Waals surface area contributed by atoms with Crippen molar-refractivity contribution in [2.45, 2.75) is 6.92 Å². The van der Waals surface area contributed by atoms with Gasteiger partial charge in [0.1, 0.15) is 4.48 Å². The molecular formula is C11H10BrCl2O6P. The number of ether oxygens (including phenoxy) is 1. The molecular weight excluding hydrogens is 410 g/mol. The van der Waals surface area contributed by atoms with Crippen molar-refractivity contribution in [3.05, 3.63) is 38.3 Å². The first-order chi connectivity index (χ1) is 9.67. The van der Waals surface area contributed by atoms with E-state index in [1.807, 2.05) is 0 Å². The third-order valence-corrected chi connectivity index (χ3v) is 3.98. The molecule has 0 fully saturated rings. The van der Waals surface area contributed by atoms with E-state index in [1.165, 1.54) is 18.2 Å². The smallest absolute Gasteiger partial charge is 0.462 e. The van der Waals surface area contributed by atoms with E-state index < -0.39 is 19.6 Å². The second-order valence-corrected chi connectivity index (χ2v) is 6.29. The molecule has 21 heavy (non-hydrogen) atoms. The lowest BCUT2D eigenvalue weighted by molar-refractivity contribution is -0.137. The quantitative estimate of drug-likeness (QED) is 0.327. The predicted octanol–water partition coefficient (Wildman–Crippen LogP) is 3.73. The second-order valence-electron chi connectivity index (χ2n) is 3.55. The van der Waals surface area contributed by atoms with Gasteiger partial charge in [-0.3, -0.25) is 9.79 Å². The average molecular weight is 420 g/mol.